The van der Waals surface area contributed by atoms with Crippen LogP contribution in [0.1, 0.15) is 86.5 Å². The molecule has 0 saturated carbocycles. The fourth-order valence-corrected chi connectivity index (χ4v) is 4.12. The van der Waals surface area contributed by atoms with E-state index in [0.29, 0.717) is 62.8 Å². The van der Waals surface area contributed by atoms with Gasteiger partial charge in [-0.3, -0.25) is 9.69 Å². The predicted molar refractivity (Wildman–Crippen MR) is 188 cm³/mol. The summed E-state index contributed by atoms with van der Waals surface area (Å²) in [6.45, 7) is 11.6. The SMILES string of the molecule is C#C.CC.C\C=C/C(=C\C=C\F)N(C=O)C(CCCCC(O)O)=N/C=C/C(=C\C=C\C)C1=NOC(C)(C(/C=C\CC#N)=C/C)CC1. The lowest BCUT2D eigenvalue weighted by molar-refractivity contribution is -0.113. The van der Waals surface area contributed by atoms with Gasteiger partial charge in [0.15, 0.2) is 11.9 Å². The second kappa shape index (κ2) is 27.9. The van der Waals surface area contributed by atoms with E-state index >= 15 is 0 Å². The number of carbonyl (C=O) groups is 1. The number of carbonyl (C=O) groups excluding carboxylic acids is 1. The average Bonchev–Trinajstić information content (AvgIpc) is 3.07. The Kier molecular flexibility index (Phi) is 26.5. The van der Waals surface area contributed by atoms with Crippen LogP contribution in [0, 0.1) is 24.2 Å². The number of unbranched alkanes of at least 4 members (excludes halogenated alkanes) is 1. The Morgan fingerprint density at radius 1 is 1.15 bits per heavy atom. The van der Waals surface area contributed by atoms with Crippen molar-refractivity contribution in [1.82, 2.24) is 4.90 Å². The number of oxime groups is 1. The zero-order chi connectivity index (χ0) is 35.2. The van der Waals surface area contributed by atoms with Crippen LogP contribution in [0.2, 0.25) is 0 Å². The number of aliphatic hydroxyl groups excluding tert-OH is 1. The van der Waals surface area contributed by atoms with Crippen molar-refractivity contribution < 1.29 is 24.2 Å². The molecule has 1 aliphatic rings. The number of rotatable bonds is 16. The molecular formula is C37H51FN4O4. The Balaban J connectivity index is 0. The van der Waals surface area contributed by atoms with Gasteiger partial charge in [0.25, 0.3) is 0 Å². The van der Waals surface area contributed by atoms with Gasteiger partial charge in [-0.05, 0) is 89.7 Å². The molecule has 1 atom stereocenters. The summed E-state index contributed by atoms with van der Waals surface area (Å²) in [6, 6.07) is 2.10. The number of nitriles is 1. The standard InChI is InChI=1S/C33H43FN4O4.C2H6.C2H2/c1-5-8-15-27(30-20-22-33(4,42-37-30)28(7-3)16-11-12-24-35)21-25-36-31(18-9-10-19-32(40)41)38(26-39)29(14-6-2)17-13-23-34;2*1-2/h5-8,11,13-17,21,23,25-26,32,40-41H,9-10,12,18-20,22H2,1-4H3;1-2H3;1-2H/b8-5+,14-6-,16-11-,23-13+,25-21+,27-15+,28-7+,29-17+,36-31?;;. The van der Waals surface area contributed by atoms with Crippen LogP contribution >= 0.6 is 0 Å². The van der Waals surface area contributed by atoms with Crippen LogP contribution in [0.5, 0.6) is 0 Å². The Morgan fingerprint density at radius 2 is 1.87 bits per heavy atom. The number of terminal acetylenes is 1. The maximum absolute atomic E-state index is 12.7. The number of aliphatic hydroxyl groups is 2. The molecule has 2 N–H and O–H groups in total. The van der Waals surface area contributed by atoms with Crippen LogP contribution < -0.4 is 0 Å². The molecule has 1 amide bonds. The van der Waals surface area contributed by atoms with Crippen LogP contribution in [0.3, 0.4) is 0 Å². The Bertz CT molecular complexity index is 1260. The number of hydrogen-bond acceptors (Lipinski definition) is 7. The summed E-state index contributed by atoms with van der Waals surface area (Å²) in [7, 11) is 0. The molecule has 0 aliphatic carbocycles. The molecule has 1 rings (SSSR count). The summed E-state index contributed by atoms with van der Waals surface area (Å²) in [4.78, 5) is 24.1. The van der Waals surface area contributed by atoms with Crippen molar-refractivity contribution in [2.75, 3.05) is 0 Å². The number of allylic oxidation sites excluding steroid dienone is 11. The minimum absolute atomic E-state index is 0.199. The first-order chi connectivity index (χ1) is 22.3. The van der Waals surface area contributed by atoms with Crippen molar-refractivity contribution in [3.8, 4) is 18.9 Å². The summed E-state index contributed by atoms with van der Waals surface area (Å²) in [5.41, 5.74) is 2.27. The average molecular weight is 635 g/mol. The maximum atomic E-state index is 12.7. The number of nitrogens with zero attached hydrogens (tertiary/aromatic N) is 4. The molecule has 1 aliphatic heterocycles. The summed E-state index contributed by atoms with van der Waals surface area (Å²) in [6.07, 6.45) is 31.6. The van der Waals surface area contributed by atoms with E-state index in [-0.39, 0.29) is 6.42 Å². The molecule has 0 fully saturated rings. The zero-order valence-electron chi connectivity index (χ0n) is 28.1. The first kappa shape index (κ1) is 43.6. The van der Waals surface area contributed by atoms with Gasteiger partial charge in [-0.25, -0.2) is 9.38 Å². The predicted octanol–water partition coefficient (Wildman–Crippen LogP) is 8.29. The van der Waals surface area contributed by atoms with Crippen molar-refractivity contribution in [2.45, 2.75) is 98.4 Å². The van der Waals surface area contributed by atoms with Gasteiger partial charge in [-0.15, -0.1) is 12.8 Å². The van der Waals surface area contributed by atoms with Gasteiger partial charge in [-0.2, -0.15) is 5.26 Å². The summed E-state index contributed by atoms with van der Waals surface area (Å²) < 4.78 is 12.7. The topological polar surface area (TPSA) is 119 Å². The summed E-state index contributed by atoms with van der Waals surface area (Å²) >= 11 is 0. The summed E-state index contributed by atoms with van der Waals surface area (Å²) in [5, 5.41) is 31.7. The third-order valence-electron chi connectivity index (χ3n) is 6.36. The largest absolute Gasteiger partial charge is 0.384 e. The fraction of sp³-hybridized carbons (Fsp3) is 0.405. The van der Waals surface area contributed by atoms with E-state index in [9.17, 15) is 19.4 Å². The number of amidine groups is 1. The molecule has 0 saturated heterocycles. The number of amides is 1. The van der Waals surface area contributed by atoms with Gasteiger partial charge in [0.2, 0.25) is 6.41 Å². The van der Waals surface area contributed by atoms with E-state index in [1.807, 2.05) is 65.0 Å². The highest BCUT2D eigenvalue weighted by molar-refractivity contribution is 6.03. The van der Waals surface area contributed by atoms with E-state index in [2.05, 4.69) is 29.1 Å². The zero-order valence-corrected chi connectivity index (χ0v) is 28.1. The molecule has 8 nitrogen and oxygen atoms in total. The monoisotopic (exact) mass is 634 g/mol. The van der Waals surface area contributed by atoms with Gasteiger partial charge >= 0.3 is 0 Å². The molecule has 1 unspecified atom stereocenters. The third-order valence-corrected chi connectivity index (χ3v) is 6.36. The van der Waals surface area contributed by atoms with E-state index in [1.165, 1.54) is 17.1 Å². The number of halogens is 1. The van der Waals surface area contributed by atoms with Crippen molar-refractivity contribution in [2.24, 2.45) is 10.1 Å². The second-order valence-corrected chi connectivity index (χ2v) is 9.49. The van der Waals surface area contributed by atoms with Crippen LogP contribution in [-0.4, -0.2) is 45.0 Å². The van der Waals surface area contributed by atoms with Crippen LogP contribution in [0.15, 0.2) is 106 Å². The normalized spacial score (nSPS) is 17.9. The Hall–Kier alpha value is -4.57. The van der Waals surface area contributed by atoms with Crippen molar-refractivity contribution in [1.29, 1.82) is 5.26 Å². The Morgan fingerprint density at radius 3 is 2.39 bits per heavy atom. The van der Waals surface area contributed by atoms with Crippen LogP contribution in [0.4, 0.5) is 4.39 Å². The lowest BCUT2D eigenvalue weighted by atomic mass is 9.87. The minimum Gasteiger partial charge on any atom is -0.384 e. The molecule has 0 bridgehead atoms. The van der Waals surface area contributed by atoms with Crippen LogP contribution in [-0.2, 0) is 9.63 Å². The van der Waals surface area contributed by atoms with E-state index in [1.54, 1.807) is 37.4 Å². The quantitative estimate of drug-likeness (QED) is 0.0337. The van der Waals surface area contributed by atoms with Gasteiger partial charge in [0.05, 0.1) is 24.5 Å². The third kappa shape index (κ3) is 17.1. The molecule has 46 heavy (non-hydrogen) atoms. The van der Waals surface area contributed by atoms with E-state index < -0.39 is 11.9 Å². The molecule has 250 valence electrons. The molecule has 1 heterocycles. The number of hydrogen-bond donors (Lipinski definition) is 2. The highest BCUT2D eigenvalue weighted by Crippen LogP contribution is 2.33. The maximum Gasteiger partial charge on any atom is 0.219 e. The van der Waals surface area contributed by atoms with Crippen LogP contribution in [0.25, 0.3) is 0 Å². The van der Waals surface area contributed by atoms with Crippen molar-refractivity contribution >= 4 is 18.0 Å². The van der Waals surface area contributed by atoms with Gasteiger partial charge in [0, 0.05) is 23.9 Å². The van der Waals surface area contributed by atoms with Gasteiger partial charge < -0.3 is 15.1 Å². The molecule has 0 aromatic heterocycles. The molecule has 0 radical (unpaired) electrons. The second-order valence-electron chi connectivity index (χ2n) is 9.49. The van der Waals surface area contributed by atoms with Crippen molar-refractivity contribution in [3.05, 3.63) is 96.2 Å². The first-order valence-corrected chi connectivity index (χ1v) is 15.4. The minimum atomic E-state index is -1.40. The molecular weight excluding hydrogens is 583 g/mol. The molecule has 9 heteroatoms. The smallest absolute Gasteiger partial charge is 0.219 e. The molecule has 0 spiro atoms. The van der Waals surface area contributed by atoms with E-state index in [4.69, 9.17) is 10.1 Å². The van der Waals surface area contributed by atoms with Gasteiger partial charge in [-0.1, -0.05) is 61.5 Å². The number of aliphatic imine (C=N–C) groups is 1. The fourth-order valence-electron chi connectivity index (χ4n) is 4.12. The van der Waals surface area contributed by atoms with Gasteiger partial charge in [0.1, 0.15) is 5.84 Å². The Labute approximate surface area is 275 Å². The molecule has 0 aromatic carbocycles. The first-order valence-electron chi connectivity index (χ1n) is 15.4. The van der Waals surface area contributed by atoms with Crippen molar-refractivity contribution in [3.63, 3.8) is 0 Å². The summed E-state index contributed by atoms with van der Waals surface area (Å²) in [5.74, 6) is 0.409. The highest BCUT2D eigenvalue weighted by atomic mass is 19.1. The lowest BCUT2D eigenvalue weighted by Crippen LogP contribution is -2.33. The highest BCUT2D eigenvalue weighted by Gasteiger charge is 2.33. The lowest BCUT2D eigenvalue weighted by Gasteiger charge is -2.32. The molecule has 0 aromatic rings. The van der Waals surface area contributed by atoms with E-state index in [0.717, 1.165) is 16.9 Å².